The molecule has 98 valence electrons. The van der Waals surface area contributed by atoms with Crippen LogP contribution >= 0.6 is 0 Å². The number of hydrogen-bond donors (Lipinski definition) is 3. The standard InChI is InChI=1S/C12H22N2O3/c1-4-9(7-10(15)16)13-11(17)14-12(2,3)8-5-6-8/h8-9H,4-7H2,1-3H3,(H,15,16)(H2,13,14,17). The molecule has 1 rings (SSSR count). The Morgan fingerprint density at radius 3 is 2.41 bits per heavy atom. The third-order valence-electron chi connectivity index (χ3n) is 3.28. The Hall–Kier alpha value is -1.26. The highest BCUT2D eigenvalue weighted by Gasteiger charge is 2.38. The van der Waals surface area contributed by atoms with Crippen molar-refractivity contribution in [1.82, 2.24) is 10.6 Å². The molecule has 3 N–H and O–H groups in total. The van der Waals surface area contributed by atoms with E-state index in [1.54, 1.807) is 0 Å². The lowest BCUT2D eigenvalue weighted by atomic mass is 9.99. The number of hydrogen-bond acceptors (Lipinski definition) is 2. The first-order valence-corrected chi connectivity index (χ1v) is 6.15. The average molecular weight is 242 g/mol. The normalized spacial score (nSPS) is 17.4. The summed E-state index contributed by atoms with van der Waals surface area (Å²) in [4.78, 5) is 22.3. The van der Waals surface area contributed by atoms with E-state index in [0.717, 1.165) is 12.8 Å². The molecule has 0 aromatic heterocycles. The van der Waals surface area contributed by atoms with Gasteiger partial charge in [0.2, 0.25) is 0 Å². The third-order valence-corrected chi connectivity index (χ3v) is 3.28. The van der Waals surface area contributed by atoms with Crippen molar-refractivity contribution in [3.63, 3.8) is 0 Å². The van der Waals surface area contributed by atoms with Crippen molar-refractivity contribution in [3.05, 3.63) is 0 Å². The molecule has 1 fully saturated rings. The van der Waals surface area contributed by atoms with Gasteiger partial charge in [-0.2, -0.15) is 0 Å². The number of amides is 2. The van der Waals surface area contributed by atoms with Crippen LogP contribution in [-0.2, 0) is 4.79 Å². The van der Waals surface area contributed by atoms with Gasteiger partial charge in [0, 0.05) is 11.6 Å². The van der Waals surface area contributed by atoms with Crippen LogP contribution in [-0.4, -0.2) is 28.7 Å². The van der Waals surface area contributed by atoms with Gasteiger partial charge in [-0.1, -0.05) is 6.92 Å². The Morgan fingerprint density at radius 2 is 2.00 bits per heavy atom. The number of urea groups is 1. The smallest absolute Gasteiger partial charge is 0.315 e. The van der Waals surface area contributed by atoms with E-state index in [4.69, 9.17) is 5.11 Å². The number of carbonyl (C=O) groups is 2. The van der Waals surface area contributed by atoms with E-state index in [2.05, 4.69) is 10.6 Å². The van der Waals surface area contributed by atoms with Crippen molar-refractivity contribution in [2.45, 2.75) is 58.0 Å². The molecule has 0 spiro atoms. The molecular formula is C12H22N2O3. The van der Waals surface area contributed by atoms with Crippen molar-refractivity contribution in [2.75, 3.05) is 0 Å². The number of carboxylic acid groups (broad SMARTS) is 1. The summed E-state index contributed by atoms with van der Waals surface area (Å²) < 4.78 is 0. The first kappa shape index (κ1) is 13.8. The second kappa shape index (κ2) is 5.38. The molecule has 0 bridgehead atoms. The number of carbonyl (C=O) groups excluding carboxylic acids is 1. The van der Waals surface area contributed by atoms with Gasteiger partial charge >= 0.3 is 12.0 Å². The van der Waals surface area contributed by atoms with Gasteiger partial charge in [0.05, 0.1) is 6.42 Å². The van der Waals surface area contributed by atoms with Crippen molar-refractivity contribution < 1.29 is 14.7 Å². The Bertz CT molecular complexity index is 298. The average Bonchev–Trinajstić information content (AvgIpc) is 2.97. The second-order valence-corrected chi connectivity index (χ2v) is 5.30. The van der Waals surface area contributed by atoms with Crippen LogP contribution in [0.1, 0.15) is 46.5 Å². The minimum Gasteiger partial charge on any atom is -0.481 e. The van der Waals surface area contributed by atoms with Gasteiger partial charge in [0.1, 0.15) is 0 Å². The first-order chi connectivity index (χ1) is 7.85. The lowest BCUT2D eigenvalue weighted by Gasteiger charge is -2.27. The van der Waals surface area contributed by atoms with Crippen LogP contribution in [0.5, 0.6) is 0 Å². The quantitative estimate of drug-likeness (QED) is 0.663. The molecular weight excluding hydrogens is 220 g/mol. The summed E-state index contributed by atoms with van der Waals surface area (Å²) in [6.45, 7) is 5.87. The van der Waals surface area contributed by atoms with Crippen LogP contribution in [0.3, 0.4) is 0 Å². The number of carboxylic acids is 1. The van der Waals surface area contributed by atoms with Gasteiger partial charge in [0.15, 0.2) is 0 Å². The monoisotopic (exact) mass is 242 g/mol. The minimum absolute atomic E-state index is 0.0340. The van der Waals surface area contributed by atoms with Gasteiger partial charge in [0.25, 0.3) is 0 Å². The van der Waals surface area contributed by atoms with Gasteiger partial charge in [-0.3, -0.25) is 4.79 Å². The predicted molar refractivity (Wildman–Crippen MR) is 64.8 cm³/mol. The molecule has 1 saturated carbocycles. The highest BCUT2D eigenvalue weighted by atomic mass is 16.4. The van der Waals surface area contributed by atoms with Gasteiger partial charge in [-0.05, 0) is 39.0 Å². The van der Waals surface area contributed by atoms with Crippen molar-refractivity contribution in [2.24, 2.45) is 5.92 Å². The Morgan fingerprint density at radius 1 is 1.41 bits per heavy atom. The molecule has 0 saturated heterocycles. The number of aliphatic carboxylic acids is 1. The van der Waals surface area contributed by atoms with Crippen molar-refractivity contribution >= 4 is 12.0 Å². The molecule has 1 aliphatic rings. The maximum Gasteiger partial charge on any atom is 0.315 e. The van der Waals surface area contributed by atoms with Crippen LogP contribution in [0.25, 0.3) is 0 Å². The summed E-state index contributed by atoms with van der Waals surface area (Å²) in [5, 5.41) is 14.3. The largest absolute Gasteiger partial charge is 0.481 e. The third kappa shape index (κ3) is 4.63. The summed E-state index contributed by atoms with van der Waals surface area (Å²) in [7, 11) is 0. The van der Waals surface area contributed by atoms with E-state index in [0.29, 0.717) is 12.3 Å². The zero-order valence-corrected chi connectivity index (χ0v) is 10.7. The van der Waals surface area contributed by atoms with Gasteiger partial charge < -0.3 is 15.7 Å². The van der Waals surface area contributed by atoms with Crippen molar-refractivity contribution in [1.29, 1.82) is 0 Å². The van der Waals surface area contributed by atoms with Crippen LogP contribution in [0.4, 0.5) is 4.79 Å². The summed E-state index contributed by atoms with van der Waals surface area (Å²) in [6.07, 6.45) is 2.89. The lowest BCUT2D eigenvalue weighted by molar-refractivity contribution is -0.137. The van der Waals surface area contributed by atoms with Crippen LogP contribution < -0.4 is 10.6 Å². The molecule has 17 heavy (non-hydrogen) atoms. The molecule has 0 aromatic carbocycles. The minimum atomic E-state index is -0.890. The summed E-state index contributed by atoms with van der Waals surface area (Å²) in [6, 6.07) is -0.572. The van der Waals surface area contributed by atoms with E-state index in [1.165, 1.54) is 0 Å². The first-order valence-electron chi connectivity index (χ1n) is 6.15. The van der Waals surface area contributed by atoms with Crippen molar-refractivity contribution in [3.8, 4) is 0 Å². The molecule has 1 unspecified atom stereocenters. The van der Waals surface area contributed by atoms with Crippen LogP contribution in [0.15, 0.2) is 0 Å². The Balaban J connectivity index is 2.39. The lowest BCUT2D eigenvalue weighted by Crippen LogP contribution is -2.52. The summed E-state index contributed by atoms with van der Waals surface area (Å²) in [5.41, 5.74) is -0.203. The van der Waals surface area contributed by atoms with E-state index in [9.17, 15) is 9.59 Å². The number of rotatable bonds is 6. The molecule has 5 heteroatoms. The van der Waals surface area contributed by atoms with Gasteiger partial charge in [-0.15, -0.1) is 0 Å². The second-order valence-electron chi connectivity index (χ2n) is 5.30. The predicted octanol–water partition coefficient (Wildman–Crippen LogP) is 1.73. The van der Waals surface area contributed by atoms with E-state index < -0.39 is 5.97 Å². The molecule has 1 aliphatic carbocycles. The molecule has 0 aliphatic heterocycles. The maximum atomic E-state index is 11.7. The van der Waals surface area contributed by atoms with Gasteiger partial charge in [-0.25, -0.2) is 4.79 Å². The molecule has 1 atom stereocenters. The Kier molecular flexibility index (Phi) is 4.37. The zero-order chi connectivity index (χ0) is 13.1. The SMILES string of the molecule is CCC(CC(=O)O)NC(=O)NC(C)(C)C1CC1. The maximum absolute atomic E-state index is 11.7. The fraction of sp³-hybridized carbons (Fsp3) is 0.833. The zero-order valence-electron chi connectivity index (χ0n) is 10.7. The van der Waals surface area contributed by atoms with E-state index >= 15 is 0 Å². The topological polar surface area (TPSA) is 78.4 Å². The summed E-state index contributed by atoms with van der Waals surface area (Å²) in [5.74, 6) is -0.341. The van der Waals surface area contributed by atoms with Crippen LogP contribution in [0.2, 0.25) is 0 Å². The summed E-state index contributed by atoms with van der Waals surface area (Å²) >= 11 is 0. The fourth-order valence-electron chi connectivity index (χ4n) is 1.93. The number of nitrogens with one attached hydrogen (secondary N) is 2. The van der Waals surface area contributed by atoms with Crippen LogP contribution in [0, 0.1) is 5.92 Å². The molecule has 2 amide bonds. The highest BCUT2D eigenvalue weighted by molar-refractivity contribution is 5.76. The Labute approximate surface area is 102 Å². The molecule has 0 aromatic rings. The fourth-order valence-corrected chi connectivity index (χ4v) is 1.93. The molecule has 5 nitrogen and oxygen atoms in total. The van der Waals surface area contributed by atoms with E-state index in [1.807, 2.05) is 20.8 Å². The highest BCUT2D eigenvalue weighted by Crippen LogP contribution is 2.39. The van der Waals surface area contributed by atoms with E-state index in [-0.39, 0.29) is 24.0 Å². The molecule has 0 radical (unpaired) electrons. The molecule has 0 heterocycles.